The molecule has 90 valence electrons. The van der Waals surface area contributed by atoms with E-state index < -0.39 is 0 Å². The van der Waals surface area contributed by atoms with Gasteiger partial charge < -0.3 is 11.1 Å². The molecule has 0 atom stereocenters. The first-order chi connectivity index (χ1) is 7.58. The van der Waals surface area contributed by atoms with Gasteiger partial charge in [0.1, 0.15) is 0 Å². The number of nitrogens with two attached hydrogens (primary N) is 1. The Hall–Kier alpha value is -0.380. The molecule has 2 rings (SSSR count). The summed E-state index contributed by atoms with van der Waals surface area (Å²) in [5.41, 5.74) is 6.45. The van der Waals surface area contributed by atoms with Crippen molar-refractivity contribution in [1.29, 1.82) is 0 Å². The molecule has 0 unspecified atom stereocenters. The third-order valence-electron chi connectivity index (χ3n) is 3.65. The lowest BCUT2D eigenvalue weighted by molar-refractivity contribution is 0.414. The molecule has 0 radical (unpaired) electrons. The van der Waals surface area contributed by atoms with E-state index in [0.29, 0.717) is 5.41 Å². The number of thiophene rings is 1. The summed E-state index contributed by atoms with van der Waals surface area (Å²) < 4.78 is 0. The fourth-order valence-electron chi connectivity index (χ4n) is 2.02. The molecule has 1 fully saturated rings. The fourth-order valence-corrected chi connectivity index (χ4v) is 2.87. The van der Waals surface area contributed by atoms with Crippen LogP contribution < -0.4 is 11.1 Å². The van der Waals surface area contributed by atoms with Crippen molar-refractivity contribution in [3.05, 3.63) is 22.4 Å². The zero-order chi connectivity index (χ0) is 11.6. The normalized spacial score (nSPS) is 18.7. The van der Waals surface area contributed by atoms with Crippen molar-refractivity contribution in [1.82, 2.24) is 5.32 Å². The minimum atomic E-state index is 0.235. The van der Waals surface area contributed by atoms with Gasteiger partial charge in [0, 0.05) is 23.4 Å². The highest BCUT2D eigenvalue weighted by Gasteiger charge is 2.40. The third kappa shape index (κ3) is 2.65. The summed E-state index contributed by atoms with van der Waals surface area (Å²) in [6, 6.07) is 4.35. The largest absolute Gasteiger partial charge is 0.330 e. The van der Waals surface area contributed by atoms with Gasteiger partial charge in [0.25, 0.3) is 0 Å². The van der Waals surface area contributed by atoms with Crippen molar-refractivity contribution in [2.45, 2.75) is 32.1 Å². The molecule has 0 spiro atoms. The predicted octanol–water partition coefficient (Wildman–Crippen LogP) is 2.35. The first-order valence-electron chi connectivity index (χ1n) is 6.03. The Morgan fingerprint density at radius 2 is 2.25 bits per heavy atom. The third-order valence-corrected chi connectivity index (χ3v) is 4.88. The van der Waals surface area contributed by atoms with Gasteiger partial charge in [-0.25, -0.2) is 0 Å². The average Bonchev–Trinajstić information content (AvgIpc) is 2.81. The van der Waals surface area contributed by atoms with Gasteiger partial charge >= 0.3 is 0 Å². The summed E-state index contributed by atoms with van der Waals surface area (Å²) >= 11 is 1.84. The Labute approximate surface area is 102 Å². The van der Waals surface area contributed by atoms with Gasteiger partial charge in [-0.1, -0.05) is 19.9 Å². The van der Waals surface area contributed by atoms with Crippen LogP contribution in [0.4, 0.5) is 0 Å². The first kappa shape index (κ1) is 12.1. The van der Waals surface area contributed by atoms with E-state index in [-0.39, 0.29) is 5.41 Å². The molecule has 1 aliphatic rings. The molecule has 0 bridgehead atoms. The number of rotatable bonds is 6. The van der Waals surface area contributed by atoms with E-state index in [4.69, 9.17) is 5.73 Å². The Balaban J connectivity index is 1.81. The van der Waals surface area contributed by atoms with Crippen LogP contribution in [0.2, 0.25) is 0 Å². The molecular weight excluding hydrogens is 216 g/mol. The molecule has 1 aromatic rings. The van der Waals surface area contributed by atoms with Crippen molar-refractivity contribution >= 4 is 11.3 Å². The van der Waals surface area contributed by atoms with Gasteiger partial charge in [0.05, 0.1) is 0 Å². The van der Waals surface area contributed by atoms with Crippen molar-refractivity contribution in [2.75, 3.05) is 19.6 Å². The van der Waals surface area contributed by atoms with E-state index in [0.717, 1.165) is 19.6 Å². The minimum absolute atomic E-state index is 0.235. The van der Waals surface area contributed by atoms with E-state index in [1.54, 1.807) is 0 Å². The molecule has 1 aromatic heterocycles. The maximum atomic E-state index is 5.78. The molecule has 0 aromatic carbocycles. The number of hydrogen-bond donors (Lipinski definition) is 2. The minimum Gasteiger partial charge on any atom is -0.330 e. The molecule has 0 aliphatic heterocycles. The van der Waals surface area contributed by atoms with Crippen LogP contribution in [0.5, 0.6) is 0 Å². The highest BCUT2D eigenvalue weighted by Crippen LogP contribution is 2.43. The van der Waals surface area contributed by atoms with E-state index in [2.05, 4.69) is 36.7 Å². The second-order valence-corrected chi connectivity index (χ2v) is 6.62. The lowest BCUT2D eigenvalue weighted by Crippen LogP contribution is -2.37. The second kappa shape index (κ2) is 4.47. The Bertz CT molecular complexity index is 326. The van der Waals surface area contributed by atoms with Gasteiger partial charge in [0.2, 0.25) is 0 Å². The van der Waals surface area contributed by atoms with Crippen LogP contribution in [-0.2, 0) is 5.41 Å². The average molecular weight is 238 g/mol. The van der Waals surface area contributed by atoms with E-state index in [1.165, 1.54) is 17.7 Å². The van der Waals surface area contributed by atoms with Crippen LogP contribution in [0.25, 0.3) is 0 Å². The summed E-state index contributed by atoms with van der Waals surface area (Å²) in [7, 11) is 0. The van der Waals surface area contributed by atoms with Crippen molar-refractivity contribution < 1.29 is 0 Å². The molecule has 0 saturated heterocycles. The van der Waals surface area contributed by atoms with E-state index in [1.807, 2.05) is 11.3 Å². The van der Waals surface area contributed by atoms with E-state index >= 15 is 0 Å². The van der Waals surface area contributed by atoms with Gasteiger partial charge in [-0.05, 0) is 36.2 Å². The van der Waals surface area contributed by atoms with Crippen LogP contribution in [-0.4, -0.2) is 19.6 Å². The fraction of sp³-hybridized carbons (Fsp3) is 0.692. The zero-order valence-corrected chi connectivity index (χ0v) is 11.1. The maximum absolute atomic E-state index is 5.78. The highest BCUT2D eigenvalue weighted by atomic mass is 32.1. The molecule has 1 aliphatic carbocycles. The highest BCUT2D eigenvalue weighted by molar-refractivity contribution is 7.10. The zero-order valence-electron chi connectivity index (χ0n) is 10.3. The second-order valence-electron chi connectivity index (χ2n) is 5.67. The van der Waals surface area contributed by atoms with Crippen LogP contribution in [0.15, 0.2) is 17.5 Å². The molecule has 16 heavy (non-hydrogen) atoms. The standard InChI is InChI=1S/C13H22N2S/c1-12(2,11-4-3-7-16-11)9-15-10-13(8-14)5-6-13/h3-4,7,15H,5-6,8-10,14H2,1-2H3. The molecule has 3 heteroatoms. The summed E-state index contributed by atoms with van der Waals surface area (Å²) in [5, 5.41) is 5.75. The topological polar surface area (TPSA) is 38.0 Å². The van der Waals surface area contributed by atoms with Crippen molar-refractivity contribution in [2.24, 2.45) is 11.1 Å². The SMILES string of the molecule is CC(C)(CNCC1(CN)CC1)c1cccs1. The summed E-state index contributed by atoms with van der Waals surface area (Å²) in [6.45, 7) is 7.55. The molecule has 3 N–H and O–H groups in total. The Morgan fingerprint density at radius 1 is 1.50 bits per heavy atom. The molecular formula is C13H22N2S. The predicted molar refractivity (Wildman–Crippen MR) is 70.9 cm³/mol. The maximum Gasteiger partial charge on any atom is 0.0115 e. The van der Waals surface area contributed by atoms with Crippen LogP contribution in [0.1, 0.15) is 31.6 Å². The van der Waals surface area contributed by atoms with E-state index in [9.17, 15) is 0 Å². The van der Waals surface area contributed by atoms with Crippen molar-refractivity contribution in [3.63, 3.8) is 0 Å². The Morgan fingerprint density at radius 3 is 2.75 bits per heavy atom. The summed E-state index contributed by atoms with van der Waals surface area (Å²) in [4.78, 5) is 1.46. The summed E-state index contributed by atoms with van der Waals surface area (Å²) in [5.74, 6) is 0. The van der Waals surface area contributed by atoms with Crippen LogP contribution in [0, 0.1) is 5.41 Å². The van der Waals surface area contributed by atoms with Gasteiger partial charge in [-0.3, -0.25) is 0 Å². The van der Waals surface area contributed by atoms with Crippen molar-refractivity contribution in [3.8, 4) is 0 Å². The smallest absolute Gasteiger partial charge is 0.0115 e. The Kier molecular flexibility index (Phi) is 3.38. The quantitative estimate of drug-likeness (QED) is 0.798. The lowest BCUT2D eigenvalue weighted by atomic mass is 9.91. The monoisotopic (exact) mass is 238 g/mol. The lowest BCUT2D eigenvalue weighted by Gasteiger charge is -2.25. The molecule has 2 nitrogen and oxygen atoms in total. The number of hydrogen-bond acceptors (Lipinski definition) is 3. The van der Waals surface area contributed by atoms with Gasteiger partial charge in [-0.15, -0.1) is 11.3 Å². The van der Waals surface area contributed by atoms with Gasteiger partial charge in [0.15, 0.2) is 0 Å². The van der Waals surface area contributed by atoms with Crippen LogP contribution in [0.3, 0.4) is 0 Å². The first-order valence-corrected chi connectivity index (χ1v) is 6.91. The van der Waals surface area contributed by atoms with Crippen LogP contribution >= 0.6 is 11.3 Å². The van der Waals surface area contributed by atoms with Gasteiger partial charge in [-0.2, -0.15) is 0 Å². The number of nitrogens with one attached hydrogen (secondary N) is 1. The molecule has 1 saturated carbocycles. The summed E-state index contributed by atoms with van der Waals surface area (Å²) in [6.07, 6.45) is 2.60. The molecule has 0 amide bonds. The molecule has 1 heterocycles.